The molecule has 0 amide bonds. The normalized spacial score (nSPS) is 18.2. The van der Waals surface area contributed by atoms with Crippen LogP contribution >= 0.6 is 11.8 Å². The Kier molecular flexibility index (Phi) is 5.98. The predicted octanol–water partition coefficient (Wildman–Crippen LogP) is 5.51. The second-order valence-electron chi connectivity index (χ2n) is 8.49. The van der Waals surface area contributed by atoms with Gasteiger partial charge in [0.05, 0.1) is 15.9 Å². The Morgan fingerprint density at radius 2 is 1.75 bits per heavy atom. The minimum absolute atomic E-state index is 0.249. The van der Waals surface area contributed by atoms with Crippen molar-refractivity contribution in [1.82, 2.24) is 13.9 Å². The molecule has 1 aromatic heterocycles. The van der Waals surface area contributed by atoms with Crippen LogP contribution in [0, 0.1) is 11.6 Å². The van der Waals surface area contributed by atoms with E-state index in [1.165, 1.54) is 22.1 Å². The lowest BCUT2D eigenvalue weighted by molar-refractivity contribution is 0.477. The molecule has 5 rings (SSSR count). The van der Waals surface area contributed by atoms with Crippen LogP contribution in [0.25, 0.3) is 11.0 Å². The van der Waals surface area contributed by atoms with Crippen LogP contribution in [0.5, 0.6) is 0 Å². The quantitative estimate of drug-likeness (QED) is 0.440. The zero-order chi connectivity index (χ0) is 22.3. The summed E-state index contributed by atoms with van der Waals surface area (Å²) in [4.78, 5) is 5.01. The molecule has 5 nitrogen and oxygen atoms in total. The minimum atomic E-state index is -3.53. The number of thioether (sulfide) groups is 1. The smallest absolute Gasteiger partial charge is 0.243 e. The van der Waals surface area contributed by atoms with Crippen LogP contribution in [-0.2, 0) is 15.8 Å². The molecule has 9 heteroatoms. The summed E-state index contributed by atoms with van der Waals surface area (Å²) < 4.78 is 57.4. The largest absolute Gasteiger partial charge is 0.316 e. The lowest BCUT2D eigenvalue weighted by atomic mass is 10.2. The third kappa shape index (κ3) is 4.06. The van der Waals surface area contributed by atoms with E-state index in [-0.39, 0.29) is 22.3 Å². The molecular weight excluding hydrogens is 452 g/mol. The summed E-state index contributed by atoms with van der Waals surface area (Å²) in [6.45, 7) is 1.11. The Labute approximate surface area is 190 Å². The van der Waals surface area contributed by atoms with Crippen LogP contribution in [0.15, 0.2) is 46.5 Å². The highest BCUT2D eigenvalue weighted by molar-refractivity contribution is 7.98. The van der Waals surface area contributed by atoms with Crippen molar-refractivity contribution >= 4 is 32.8 Å². The van der Waals surface area contributed by atoms with Gasteiger partial charge in [0.25, 0.3) is 0 Å². The third-order valence-corrected chi connectivity index (χ3v) is 9.28. The number of hydrogen-bond donors (Lipinski definition) is 0. The van der Waals surface area contributed by atoms with Crippen molar-refractivity contribution in [3.05, 3.63) is 53.6 Å². The molecule has 0 N–H and O–H groups in total. The molecule has 1 aliphatic heterocycles. The number of benzene rings is 2. The van der Waals surface area contributed by atoms with E-state index in [2.05, 4.69) is 4.57 Å². The second-order valence-corrected chi connectivity index (χ2v) is 11.4. The Bertz CT molecular complexity index is 1250. The summed E-state index contributed by atoms with van der Waals surface area (Å²) in [7, 11) is -3.53. The molecule has 32 heavy (non-hydrogen) atoms. The summed E-state index contributed by atoms with van der Waals surface area (Å²) in [5.74, 6) is -0.664. The van der Waals surface area contributed by atoms with Gasteiger partial charge >= 0.3 is 0 Å². The highest BCUT2D eigenvalue weighted by Crippen LogP contribution is 2.38. The SMILES string of the molecule is O=S(=O)(c1ccc2c(c1)nc(SCc1cc(F)ccc1F)n2C1CCCC1)N1CCCC1. The van der Waals surface area contributed by atoms with E-state index >= 15 is 0 Å². The second kappa shape index (κ2) is 8.76. The summed E-state index contributed by atoms with van der Waals surface area (Å²) in [6.07, 6.45) is 6.09. The summed E-state index contributed by atoms with van der Waals surface area (Å²) in [5.41, 5.74) is 1.80. The van der Waals surface area contributed by atoms with E-state index in [1.54, 1.807) is 12.1 Å². The van der Waals surface area contributed by atoms with Crippen molar-refractivity contribution in [2.24, 2.45) is 0 Å². The molecule has 2 aliphatic rings. The molecule has 0 radical (unpaired) electrons. The van der Waals surface area contributed by atoms with Crippen molar-refractivity contribution in [1.29, 1.82) is 0 Å². The van der Waals surface area contributed by atoms with Gasteiger partial charge in [0.15, 0.2) is 5.16 Å². The van der Waals surface area contributed by atoms with E-state index in [9.17, 15) is 17.2 Å². The van der Waals surface area contributed by atoms with E-state index in [0.717, 1.165) is 56.2 Å². The van der Waals surface area contributed by atoms with Crippen molar-refractivity contribution < 1.29 is 17.2 Å². The van der Waals surface area contributed by atoms with E-state index in [4.69, 9.17) is 4.98 Å². The number of rotatable bonds is 6. The standard InChI is InChI=1S/C23H25F2N3O2S2/c24-17-7-9-20(25)16(13-17)15-31-23-26-21-14-19(32(29,30)27-11-3-4-12-27)8-10-22(21)28(23)18-5-1-2-6-18/h7-10,13-14,18H,1-6,11-12,15H2. The van der Waals surface area contributed by atoms with E-state index in [1.807, 2.05) is 6.07 Å². The maximum Gasteiger partial charge on any atom is 0.243 e. The van der Waals surface area contributed by atoms with Crippen LogP contribution in [0.1, 0.15) is 50.1 Å². The fraction of sp³-hybridized carbons (Fsp3) is 0.435. The zero-order valence-corrected chi connectivity index (χ0v) is 19.3. The monoisotopic (exact) mass is 477 g/mol. The Morgan fingerprint density at radius 1 is 1.00 bits per heavy atom. The number of fused-ring (bicyclic) bond motifs is 1. The molecule has 170 valence electrons. The first-order valence-electron chi connectivity index (χ1n) is 11.0. The van der Waals surface area contributed by atoms with Gasteiger partial charge in [0.1, 0.15) is 11.6 Å². The van der Waals surface area contributed by atoms with Crippen molar-refractivity contribution in [3.8, 4) is 0 Å². The maximum absolute atomic E-state index is 14.1. The van der Waals surface area contributed by atoms with Crippen LogP contribution in [0.4, 0.5) is 8.78 Å². The van der Waals surface area contributed by atoms with Gasteiger partial charge in [-0.1, -0.05) is 24.6 Å². The summed E-state index contributed by atoms with van der Waals surface area (Å²) in [6, 6.07) is 8.91. The van der Waals surface area contributed by atoms with Gasteiger partial charge in [-0.05, 0) is 62.1 Å². The molecule has 2 fully saturated rings. The molecule has 2 aromatic carbocycles. The van der Waals surface area contributed by atoms with Crippen LogP contribution in [0.3, 0.4) is 0 Å². The average molecular weight is 478 g/mol. The molecule has 1 saturated heterocycles. The fourth-order valence-electron chi connectivity index (χ4n) is 4.71. The number of imidazole rings is 1. The first-order valence-corrected chi connectivity index (χ1v) is 13.4. The lowest BCUT2D eigenvalue weighted by Crippen LogP contribution is -2.27. The molecule has 3 aromatic rings. The molecule has 0 unspecified atom stereocenters. The van der Waals surface area contributed by atoms with Crippen LogP contribution < -0.4 is 0 Å². The predicted molar refractivity (Wildman–Crippen MR) is 121 cm³/mol. The molecule has 2 heterocycles. The van der Waals surface area contributed by atoms with Gasteiger partial charge in [0.2, 0.25) is 10.0 Å². The van der Waals surface area contributed by atoms with Gasteiger partial charge < -0.3 is 4.57 Å². The first-order chi connectivity index (χ1) is 15.4. The zero-order valence-electron chi connectivity index (χ0n) is 17.6. The highest BCUT2D eigenvalue weighted by Gasteiger charge is 2.29. The van der Waals surface area contributed by atoms with Crippen molar-refractivity contribution in [2.45, 2.75) is 60.4 Å². The lowest BCUT2D eigenvalue weighted by Gasteiger charge is -2.17. The average Bonchev–Trinajstić information content (AvgIpc) is 3.53. The Balaban J connectivity index is 1.52. The molecule has 0 atom stereocenters. The summed E-state index contributed by atoms with van der Waals surface area (Å²) >= 11 is 1.36. The molecule has 0 spiro atoms. The van der Waals surface area contributed by atoms with Gasteiger partial charge in [-0.3, -0.25) is 0 Å². The van der Waals surface area contributed by atoms with E-state index in [0.29, 0.717) is 23.8 Å². The number of halogens is 2. The van der Waals surface area contributed by atoms with E-state index < -0.39 is 21.7 Å². The molecule has 0 bridgehead atoms. The highest BCUT2D eigenvalue weighted by atomic mass is 32.2. The fourth-order valence-corrected chi connectivity index (χ4v) is 7.30. The van der Waals surface area contributed by atoms with Gasteiger partial charge in [-0.2, -0.15) is 4.31 Å². The maximum atomic E-state index is 14.1. The van der Waals surface area contributed by atoms with Crippen molar-refractivity contribution in [2.75, 3.05) is 13.1 Å². The van der Waals surface area contributed by atoms with Crippen LogP contribution in [-0.4, -0.2) is 35.4 Å². The number of hydrogen-bond acceptors (Lipinski definition) is 4. The number of sulfonamides is 1. The van der Waals surface area contributed by atoms with Gasteiger partial charge in [-0.25, -0.2) is 22.2 Å². The van der Waals surface area contributed by atoms with Crippen LogP contribution in [0.2, 0.25) is 0 Å². The topological polar surface area (TPSA) is 55.2 Å². The Hall–Kier alpha value is -1.97. The Morgan fingerprint density at radius 3 is 2.50 bits per heavy atom. The molecule has 1 aliphatic carbocycles. The summed E-state index contributed by atoms with van der Waals surface area (Å²) in [5, 5.41) is 0.714. The van der Waals surface area contributed by atoms with Gasteiger partial charge in [0, 0.05) is 30.4 Å². The molecular formula is C23H25F2N3O2S2. The number of nitrogens with zero attached hydrogens (tertiary/aromatic N) is 3. The van der Waals surface area contributed by atoms with Gasteiger partial charge in [-0.15, -0.1) is 0 Å². The third-order valence-electron chi connectivity index (χ3n) is 6.39. The first kappa shape index (κ1) is 21.9. The van der Waals surface area contributed by atoms with Crippen molar-refractivity contribution in [3.63, 3.8) is 0 Å². The minimum Gasteiger partial charge on any atom is -0.316 e. The number of aromatic nitrogens is 2. The molecule has 1 saturated carbocycles.